The Balaban J connectivity index is 2.71. The van der Waals surface area contributed by atoms with E-state index in [1.54, 1.807) is 31.2 Å². The lowest BCUT2D eigenvalue weighted by molar-refractivity contribution is -0.148. The van der Waals surface area contributed by atoms with E-state index < -0.39 is 30.5 Å². The fourth-order valence-electron chi connectivity index (χ4n) is 1.33. The Morgan fingerprint density at radius 1 is 1.35 bits per heavy atom. The van der Waals surface area contributed by atoms with Gasteiger partial charge in [0.25, 0.3) is 5.91 Å². The first kappa shape index (κ1) is 16.2. The van der Waals surface area contributed by atoms with E-state index in [9.17, 15) is 14.4 Å². The molecule has 0 bridgehead atoms. The zero-order chi connectivity index (χ0) is 15.1. The lowest BCUT2D eigenvalue weighted by Crippen LogP contribution is -2.44. The molecule has 0 aromatic heterocycles. The average molecular weight is 344 g/mol. The molecule has 0 aliphatic heterocycles. The number of amides is 1. The van der Waals surface area contributed by atoms with Crippen molar-refractivity contribution in [1.82, 2.24) is 5.32 Å². The van der Waals surface area contributed by atoms with Gasteiger partial charge in [0.2, 0.25) is 0 Å². The van der Waals surface area contributed by atoms with Crippen LogP contribution >= 0.6 is 15.9 Å². The number of hydrogen-bond donors (Lipinski definition) is 2. The Bertz CT molecular complexity index is 517. The number of carboxylic acids is 1. The second-order valence-corrected chi connectivity index (χ2v) is 4.74. The molecular formula is C13H14BrNO5. The van der Waals surface area contributed by atoms with Crippen LogP contribution in [0.4, 0.5) is 0 Å². The molecule has 0 heterocycles. The first-order valence-electron chi connectivity index (χ1n) is 5.89. The van der Waals surface area contributed by atoms with Gasteiger partial charge in [-0.25, -0.2) is 4.79 Å². The second-order valence-electron chi connectivity index (χ2n) is 3.88. The maximum absolute atomic E-state index is 11.9. The van der Waals surface area contributed by atoms with Gasteiger partial charge in [0.05, 0.1) is 5.56 Å². The van der Waals surface area contributed by atoms with E-state index in [0.29, 0.717) is 10.0 Å². The van der Waals surface area contributed by atoms with Crippen LogP contribution in [-0.4, -0.2) is 35.6 Å². The highest BCUT2D eigenvalue weighted by Gasteiger charge is 2.23. The fraction of sp³-hybridized carbons (Fsp3) is 0.308. The van der Waals surface area contributed by atoms with E-state index in [-0.39, 0.29) is 6.42 Å². The Morgan fingerprint density at radius 3 is 2.55 bits per heavy atom. The van der Waals surface area contributed by atoms with Crippen LogP contribution in [0.1, 0.15) is 23.7 Å². The van der Waals surface area contributed by atoms with Crippen molar-refractivity contribution in [2.24, 2.45) is 0 Å². The summed E-state index contributed by atoms with van der Waals surface area (Å²) in [4.78, 5) is 34.0. The molecule has 0 spiro atoms. The largest absolute Gasteiger partial charge is 0.480 e. The number of nitrogens with one attached hydrogen (secondary N) is 1. The number of carboxylic acid groups (broad SMARTS) is 1. The van der Waals surface area contributed by atoms with Crippen molar-refractivity contribution in [1.29, 1.82) is 0 Å². The zero-order valence-corrected chi connectivity index (χ0v) is 12.3. The van der Waals surface area contributed by atoms with Crippen molar-refractivity contribution in [3.05, 3.63) is 34.3 Å². The van der Waals surface area contributed by atoms with E-state index in [0.717, 1.165) is 0 Å². The summed E-state index contributed by atoms with van der Waals surface area (Å²) in [7, 11) is 0. The van der Waals surface area contributed by atoms with Crippen molar-refractivity contribution in [2.45, 2.75) is 19.4 Å². The third kappa shape index (κ3) is 4.65. The number of benzene rings is 1. The van der Waals surface area contributed by atoms with Gasteiger partial charge < -0.3 is 15.2 Å². The Morgan fingerprint density at radius 2 is 2.00 bits per heavy atom. The molecule has 0 saturated carbocycles. The lowest BCUT2D eigenvalue weighted by atomic mass is 10.2. The monoisotopic (exact) mass is 343 g/mol. The quantitative estimate of drug-likeness (QED) is 0.765. The smallest absolute Gasteiger partial charge is 0.329 e. The number of ether oxygens (including phenoxy) is 1. The number of carbonyl (C=O) groups excluding carboxylic acids is 2. The van der Waals surface area contributed by atoms with Gasteiger partial charge in [-0.1, -0.05) is 19.1 Å². The highest BCUT2D eigenvalue weighted by Crippen LogP contribution is 2.15. The average Bonchev–Trinajstić information content (AvgIpc) is 2.42. The Labute approximate surface area is 124 Å². The highest BCUT2D eigenvalue weighted by atomic mass is 79.9. The van der Waals surface area contributed by atoms with Crippen LogP contribution in [0.15, 0.2) is 28.7 Å². The molecule has 0 fully saturated rings. The molecule has 0 aliphatic rings. The Kier molecular flexibility index (Phi) is 6.17. The maximum Gasteiger partial charge on any atom is 0.329 e. The standard InChI is InChI=1S/C13H14BrNO5/c1-2-11(16)20-7-10(13(18)19)15-12(17)8-5-3-4-6-9(8)14/h3-6,10H,2,7H2,1H3,(H,15,17)(H,18,19)/t10-/m0/s1. The van der Waals surface area contributed by atoms with Crippen LogP contribution in [-0.2, 0) is 14.3 Å². The topological polar surface area (TPSA) is 92.7 Å². The van der Waals surface area contributed by atoms with Crippen LogP contribution in [0, 0.1) is 0 Å². The molecule has 6 nitrogen and oxygen atoms in total. The van der Waals surface area contributed by atoms with Crippen molar-refractivity contribution in [3.8, 4) is 0 Å². The predicted octanol–water partition coefficient (Wildman–Crippen LogP) is 1.59. The maximum atomic E-state index is 11.9. The van der Waals surface area contributed by atoms with Gasteiger partial charge in [0.15, 0.2) is 6.04 Å². The summed E-state index contributed by atoms with van der Waals surface area (Å²) in [5.74, 6) is -2.35. The van der Waals surface area contributed by atoms with E-state index in [1.807, 2.05) is 0 Å². The zero-order valence-electron chi connectivity index (χ0n) is 10.8. The molecule has 0 aliphatic carbocycles. The van der Waals surface area contributed by atoms with Crippen molar-refractivity contribution >= 4 is 33.8 Å². The molecule has 7 heteroatoms. The van der Waals surface area contributed by atoms with E-state index >= 15 is 0 Å². The number of aliphatic carboxylic acids is 1. The predicted molar refractivity (Wildman–Crippen MR) is 74.3 cm³/mol. The number of esters is 1. The molecule has 0 saturated heterocycles. The van der Waals surface area contributed by atoms with Gasteiger partial charge >= 0.3 is 11.9 Å². The molecule has 2 N–H and O–H groups in total. The third-order valence-corrected chi connectivity index (χ3v) is 3.11. The molecule has 1 aromatic carbocycles. The van der Waals surface area contributed by atoms with Gasteiger partial charge in [-0.2, -0.15) is 0 Å². The Hall–Kier alpha value is -1.89. The SMILES string of the molecule is CCC(=O)OC[C@H](NC(=O)c1ccccc1Br)C(=O)O. The van der Waals surface area contributed by atoms with Crippen LogP contribution in [0.5, 0.6) is 0 Å². The lowest BCUT2D eigenvalue weighted by Gasteiger charge is -2.15. The summed E-state index contributed by atoms with van der Waals surface area (Å²) in [5, 5.41) is 11.3. The number of hydrogen-bond acceptors (Lipinski definition) is 4. The molecule has 0 unspecified atom stereocenters. The van der Waals surface area contributed by atoms with Crippen LogP contribution in [0.2, 0.25) is 0 Å². The van der Waals surface area contributed by atoms with Crippen LogP contribution in [0.25, 0.3) is 0 Å². The molecule has 1 amide bonds. The van der Waals surface area contributed by atoms with Crippen molar-refractivity contribution < 1.29 is 24.2 Å². The molecule has 0 radical (unpaired) electrons. The fourth-order valence-corrected chi connectivity index (χ4v) is 1.80. The minimum Gasteiger partial charge on any atom is -0.480 e. The van der Waals surface area contributed by atoms with Gasteiger partial charge in [-0.15, -0.1) is 0 Å². The van der Waals surface area contributed by atoms with E-state index in [2.05, 4.69) is 21.2 Å². The number of halogens is 1. The van der Waals surface area contributed by atoms with E-state index in [4.69, 9.17) is 9.84 Å². The summed E-state index contributed by atoms with van der Waals surface area (Å²) < 4.78 is 5.28. The van der Waals surface area contributed by atoms with Gasteiger partial charge in [0, 0.05) is 10.9 Å². The van der Waals surface area contributed by atoms with Crippen LogP contribution in [0.3, 0.4) is 0 Å². The molecule has 1 rings (SSSR count). The first-order valence-corrected chi connectivity index (χ1v) is 6.68. The second kappa shape index (κ2) is 7.64. The highest BCUT2D eigenvalue weighted by molar-refractivity contribution is 9.10. The summed E-state index contributed by atoms with van der Waals surface area (Å²) in [6.07, 6.45) is 0.143. The van der Waals surface area contributed by atoms with Crippen molar-refractivity contribution in [3.63, 3.8) is 0 Å². The van der Waals surface area contributed by atoms with E-state index in [1.165, 1.54) is 0 Å². The summed E-state index contributed by atoms with van der Waals surface area (Å²) in [6.45, 7) is 1.19. The molecule has 108 valence electrons. The first-order chi connectivity index (χ1) is 9.45. The molecule has 20 heavy (non-hydrogen) atoms. The minimum absolute atomic E-state index is 0.143. The summed E-state index contributed by atoms with van der Waals surface area (Å²) >= 11 is 3.20. The molecule has 1 aromatic rings. The van der Waals surface area contributed by atoms with Gasteiger partial charge in [0.1, 0.15) is 6.61 Å². The number of rotatable bonds is 6. The number of carbonyl (C=O) groups is 3. The molecule has 1 atom stereocenters. The van der Waals surface area contributed by atoms with Gasteiger partial charge in [-0.3, -0.25) is 9.59 Å². The van der Waals surface area contributed by atoms with Gasteiger partial charge in [-0.05, 0) is 28.1 Å². The van der Waals surface area contributed by atoms with Crippen LogP contribution < -0.4 is 5.32 Å². The minimum atomic E-state index is -1.29. The summed E-state index contributed by atoms with van der Waals surface area (Å²) in [5.41, 5.74) is 0.306. The summed E-state index contributed by atoms with van der Waals surface area (Å²) in [6, 6.07) is 5.33. The molecular weight excluding hydrogens is 330 g/mol. The van der Waals surface area contributed by atoms with Crippen molar-refractivity contribution in [2.75, 3.05) is 6.61 Å². The normalized spacial score (nSPS) is 11.5. The third-order valence-electron chi connectivity index (χ3n) is 2.42.